The molecule has 2 amide bonds. The number of hydrogen-bond donors (Lipinski definition) is 2. The number of carbonyl (C=O) groups is 2. The molecule has 3 aromatic rings. The van der Waals surface area contributed by atoms with Gasteiger partial charge in [0.2, 0.25) is 5.95 Å². The highest BCUT2D eigenvalue weighted by molar-refractivity contribution is 6.04. The van der Waals surface area contributed by atoms with Crippen LogP contribution in [0.15, 0.2) is 36.5 Å². The number of methoxy groups -OCH3 is 1. The van der Waals surface area contributed by atoms with Crippen LogP contribution >= 0.6 is 0 Å². The van der Waals surface area contributed by atoms with Crippen molar-refractivity contribution in [3.63, 3.8) is 0 Å². The van der Waals surface area contributed by atoms with Gasteiger partial charge < -0.3 is 14.7 Å². The van der Waals surface area contributed by atoms with Crippen molar-refractivity contribution in [2.45, 2.75) is 31.9 Å². The van der Waals surface area contributed by atoms with Crippen molar-refractivity contribution >= 4 is 28.9 Å². The standard InChI is InChI=1S/C24H26N6O4/c1-34-11-3-8-30-21-20(13-18(15-26-21)23(33)29-9-6-19(31)7-10-29)27-24(30)28-22(32)17-5-2-4-16(12-17)14-25/h2,4-5,12-13,15,19,31H,3,6-11H2,1H3,(H,27,28,32). The fourth-order valence-corrected chi connectivity index (χ4v) is 3.96. The largest absolute Gasteiger partial charge is 0.393 e. The second-order valence-corrected chi connectivity index (χ2v) is 8.17. The Hall–Kier alpha value is -3.81. The van der Waals surface area contributed by atoms with E-state index in [1.807, 2.05) is 6.07 Å². The number of nitrogens with one attached hydrogen (secondary N) is 1. The molecule has 1 aliphatic heterocycles. The summed E-state index contributed by atoms with van der Waals surface area (Å²) in [4.78, 5) is 36.5. The summed E-state index contributed by atoms with van der Waals surface area (Å²) < 4.78 is 6.94. The number of pyridine rings is 1. The number of fused-ring (bicyclic) bond motifs is 1. The minimum Gasteiger partial charge on any atom is -0.393 e. The van der Waals surface area contributed by atoms with Gasteiger partial charge in [0.25, 0.3) is 11.8 Å². The third kappa shape index (κ3) is 5.06. The number of likely N-dealkylation sites (tertiary alicyclic amines) is 1. The zero-order chi connectivity index (χ0) is 24.1. The molecule has 1 saturated heterocycles. The summed E-state index contributed by atoms with van der Waals surface area (Å²) in [7, 11) is 1.62. The number of aliphatic hydroxyl groups excluding tert-OH is 1. The number of rotatable bonds is 7. The summed E-state index contributed by atoms with van der Waals surface area (Å²) in [6, 6.07) is 10.1. The molecule has 3 heterocycles. The number of hydrogen-bond acceptors (Lipinski definition) is 7. The molecule has 34 heavy (non-hydrogen) atoms. The van der Waals surface area contributed by atoms with E-state index in [-0.39, 0.29) is 12.0 Å². The van der Waals surface area contributed by atoms with E-state index in [2.05, 4.69) is 15.3 Å². The van der Waals surface area contributed by atoms with Crippen molar-refractivity contribution in [2.75, 3.05) is 32.1 Å². The topological polar surface area (TPSA) is 133 Å². The van der Waals surface area contributed by atoms with E-state index in [1.54, 1.807) is 40.8 Å². The van der Waals surface area contributed by atoms with Gasteiger partial charge in [0.15, 0.2) is 5.65 Å². The van der Waals surface area contributed by atoms with Gasteiger partial charge >= 0.3 is 0 Å². The predicted octanol–water partition coefficient (Wildman–Crippen LogP) is 2.19. The van der Waals surface area contributed by atoms with Gasteiger partial charge in [-0.25, -0.2) is 9.97 Å². The highest BCUT2D eigenvalue weighted by Crippen LogP contribution is 2.22. The Morgan fingerprint density at radius 1 is 1.26 bits per heavy atom. The summed E-state index contributed by atoms with van der Waals surface area (Å²) >= 11 is 0. The molecule has 176 valence electrons. The van der Waals surface area contributed by atoms with Crippen molar-refractivity contribution in [1.82, 2.24) is 19.4 Å². The van der Waals surface area contributed by atoms with E-state index in [0.717, 1.165) is 0 Å². The fourth-order valence-electron chi connectivity index (χ4n) is 3.96. The summed E-state index contributed by atoms with van der Waals surface area (Å²) in [6.07, 6.45) is 2.93. The highest BCUT2D eigenvalue weighted by atomic mass is 16.5. The SMILES string of the molecule is COCCCn1c(NC(=O)c2cccc(C#N)c2)nc2cc(C(=O)N3CCC(O)CC3)cnc21. The first kappa shape index (κ1) is 23.4. The van der Waals surface area contributed by atoms with Gasteiger partial charge in [0.1, 0.15) is 5.52 Å². The van der Waals surface area contributed by atoms with Crippen LogP contribution in [0.2, 0.25) is 0 Å². The lowest BCUT2D eigenvalue weighted by atomic mass is 10.1. The Balaban J connectivity index is 1.63. The number of aryl methyl sites for hydroxylation is 1. The Bertz CT molecular complexity index is 1240. The third-order valence-corrected chi connectivity index (χ3v) is 5.79. The summed E-state index contributed by atoms with van der Waals surface area (Å²) in [5.41, 5.74) is 2.16. The number of nitrogens with zero attached hydrogens (tertiary/aromatic N) is 5. The highest BCUT2D eigenvalue weighted by Gasteiger charge is 2.24. The Morgan fingerprint density at radius 3 is 2.79 bits per heavy atom. The fraction of sp³-hybridized carbons (Fsp3) is 0.375. The lowest BCUT2D eigenvalue weighted by molar-refractivity contribution is 0.0546. The van der Waals surface area contributed by atoms with Gasteiger partial charge in [-0.2, -0.15) is 5.26 Å². The number of carbonyl (C=O) groups excluding carboxylic acids is 2. The molecule has 0 radical (unpaired) electrons. The first-order valence-corrected chi connectivity index (χ1v) is 11.1. The molecule has 1 aliphatic rings. The minimum atomic E-state index is -0.399. The third-order valence-electron chi connectivity index (χ3n) is 5.79. The molecule has 4 rings (SSSR count). The molecule has 10 heteroatoms. The average molecular weight is 463 g/mol. The monoisotopic (exact) mass is 462 g/mol. The number of nitriles is 1. The van der Waals surface area contributed by atoms with Crippen molar-refractivity contribution < 1.29 is 19.4 Å². The number of aliphatic hydroxyl groups is 1. The number of benzene rings is 1. The van der Waals surface area contributed by atoms with E-state index < -0.39 is 5.91 Å². The lowest BCUT2D eigenvalue weighted by Gasteiger charge is -2.29. The summed E-state index contributed by atoms with van der Waals surface area (Å²) in [5.74, 6) is -0.255. The van der Waals surface area contributed by atoms with Crippen LogP contribution in [0.5, 0.6) is 0 Å². The maximum absolute atomic E-state index is 12.9. The van der Waals surface area contributed by atoms with Crippen molar-refractivity contribution in [3.05, 3.63) is 53.2 Å². The van der Waals surface area contributed by atoms with E-state index in [1.165, 1.54) is 12.3 Å². The molecule has 0 bridgehead atoms. The van der Waals surface area contributed by atoms with Crippen molar-refractivity contribution in [1.29, 1.82) is 5.26 Å². The molecule has 0 unspecified atom stereocenters. The second-order valence-electron chi connectivity index (χ2n) is 8.17. The smallest absolute Gasteiger partial charge is 0.258 e. The van der Waals surface area contributed by atoms with Gasteiger partial charge in [0.05, 0.1) is 23.3 Å². The van der Waals surface area contributed by atoms with Gasteiger partial charge in [-0.3, -0.25) is 19.5 Å². The lowest BCUT2D eigenvalue weighted by Crippen LogP contribution is -2.40. The van der Waals surface area contributed by atoms with Crippen LogP contribution in [-0.2, 0) is 11.3 Å². The number of anilines is 1. The Kier molecular flexibility index (Phi) is 7.15. The molecule has 2 N–H and O–H groups in total. The van der Waals surface area contributed by atoms with Crippen LogP contribution in [0.3, 0.4) is 0 Å². The molecular formula is C24H26N6O4. The minimum absolute atomic E-state index is 0.158. The van der Waals surface area contributed by atoms with Crippen LogP contribution in [0.1, 0.15) is 45.5 Å². The molecule has 10 nitrogen and oxygen atoms in total. The van der Waals surface area contributed by atoms with Crippen molar-refractivity contribution in [2.24, 2.45) is 0 Å². The van der Waals surface area contributed by atoms with Crippen LogP contribution in [-0.4, -0.2) is 69.3 Å². The maximum atomic E-state index is 12.9. The van der Waals surface area contributed by atoms with Gasteiger partial charge in [-0.05, 0) is 43.5 Å². The molecule has 0 spiro atoms. The Morgan fingerprint density at radius 2 is 2.06 bits per heavy atom. The van der Waals surface area contributed by atoms with Gasteiger partial charge in [0, 0.05) is 45.1 Å². The van der Waals surface area contributed by atoms with E-state index in [9.17, 15) is 14.7 Å². The number of amides is 2. The normalized spacial score (nSPS) is 14.2. The maximum Gasteiger partial charge on any atom is 0.258 e. The zero-order valence-corrected chi connectivity index (χ0v) is 18.9. The predicted molar refractivity (Wildman–Crippen MR) is 124 cm³/mol. The second kappa shape index (κ2) is 10.4. The van der Waals surface area contributed by atoms with Crippen LogP contribution < -0.4 is 5.32 Å². The van der Waals surface area contributed by atoms with Crippen LogP contribution in [0.25, 0.3) is 11.2 Å². The average Bonchev–Trinajstić information content (AvgIpc) is 3.20. The molecular weight excluding hydrogens is 436 g/mol. The summed E-state index contributed by atoms with van der Waals surface area (Å²) in [6.45, 7) is 2.01. The molecule has 2 aromatic heterocycles. The summed E-state index contributed by atoms with van der Waals surface area (Å²) in [5, 5.41) is 21.6. The number of aromatic nitrogens is 3. The van der Waals surface area contributed by atoms with Gasteiger partial charge in [-0.15, -0.1) is 0 Å². The van der Waals surface area contributed by atoms with Crippen LogP contribution in [0, 0.1) is 11.3 Å². The van der Waals surface area contributed by atoms with Gasteiger partial charge in [-0.1, -0.05) is 6.07 Å². The molecule has 0 aliphatic carbocycles. The first-order chi connectivity index (χ1) is 16.5. The number of imidazole rings is 1. The Labute approximate surface area is 196 Å². The van der Waals surface area contributed by atoms with Crippen LogP contribution in [0.4, 0.5) is 5.95 Å². The van der Waals surface area contributed by atoms with E-state index in [4.69, 9.17) is 10.00 Å². The molecule has 0 atom stereocenters. The van der Waals surface area contributed by atoms with Crippen molar-refractivity contribution in [3.8, 4) is 6.07 Å². The quantitative estimate of drug-likeness (QED) is 0.514. The zero-order valence-electron chi connectivity index (χ0n) is 18.9. The van der Waals surface area contributed by atoms with E-state index in [0.29, 0.717) is 79.3 Å². The molecule has 1 aromatic carbocycles. The number of ether oxygens (including phenoxy) is 1. The molecule has 1 fully saturated rings. The number of piperidine rings is 1. The molecule has 0 saturated carbocycles. The first-order valence-electron chi connectivity index (χ1n) is 11.1. The van der Waals surface area contributed by atoms with E-state index >= 15 is 0 Å².